The third-order valence-corrected chi connectivity index (χ3v) is 8.62. The fraction of sp³-hybridized carbons (Fsp3) is 0.312. The fourth-order valence-electron chi connectivity index (χ4n) is 4.40. The highest BCUT2D eigenvalue weighted by Gasteiger charge is 2.60. The van der Waals surface area contributed by atoms with Crippen LogP contribution < -0.4 is 15.0 Å². The van der Waals surface area contributed by atoms with Gasteiger partial charge in [0.2, 0.25) is 5.54 Å². The van der Waals surface area contributed by atoms with E-state index in [1.165, 1.54) is 43.2 Å². The highest BCUT2D eigenvalue weighted by atomic mass is 79.9. The number of ketones is 1. The molecule has 1 heterocycles. The molecule has 14 heteroatoms. The smallest absolute Gasteiger partial charge is 0.454 e. The second-order valence-corrected chi connectivity index (χ2v) is 12.4. The third-order valence-electron chi connectivity index (χ3n) is 6.93. The molecule has 1 fully saturated rings. The molecule has 0 aromatic heterocycles. The predicted molar refractivity (Wildman–Crippen MR) is 171 cm³/mol. The van der Waals surface area contributed by atoms with Crippen LogP contribution >= 0.6 is 43.5 Å². The van der Waals surface area contributed by atoms with E-state index in [1.54, 1.807) is 24.3 Å². The molecule has 0 spiro atoms. The molecule has 2 aliphatic rings. The Morgan fingerprint density at radius 3 is 2.22 bits per heavy atom. The Morgan fingerprint density at radius 1 is 1.07 bits per heavy atom. The van der Waals surface area contributed by atoms with Gasteiger partial charge in [0.25, 0.3) is 5.78 Å². The van der Waals surface area contributed by atoms with Crippen molar-refractivity contribution in [1.29, 1.82) is 0 Å². The molecule has 3 aromatic carbocycles. The lowest BCUT2D eigenvalue weighted by Gasteiger charge is -2.42. The van der Waals surface area contributed by atoms with Crippen LogP contribution in [0.4, 0.5) is 36.8 Å². The number of carbonyl (C=O) groups excluding carboxylic acids is 2. The molecular formula is C32H27Br2ClF6N2O3. The van der Waals surface area contributed by atoms with E-state index in [1.807, 2.05) is 0 Å². The molecule has 2 amide bonds. The van der Waals surface area contributed by atoms with Crippen LogP contribution in [0.3, 0.4) is 0 Å². The van der Waals surface area contributed by atoms with E-state index in [4.69, 9.17) is 16.3 Å². The largest absolute Gasteiger partial charge is 0.497 e. The fourth-order valence-corrected chi connectivity index (χ4v) is 5.37. The van der Waals surface area contributed by atoms with Crippen LogP contribution in [-0.2, 0) is 12.1 Å². The zero-order valence-electron chi connectivity index (χ0n) is 23.5. The molecule has 46 heavy (non-hydrogen) atoms. The molecule has 1 N–H and O–H groups in total. The number of fused-ring (bicyclic) bond motifs is 1. The van der Waals surface area contributed by atoms with Gasteiger partial charge in [-0.1, -0.05) is 58.9 Å². The topological polar surface area (TPSA) is 58.6 Å². The van der Waals surface area contributed by atoms with Gasteiger partial charge in [-0.25, -0.2) is 4.79 Å². The summed E-state index contributed by atoms with van der Waals surface area (Å²) in [4.78, 5) is 25.1. The Labute approximate surface area is 283 Å². The number of carbonyl (C=O) groups is 2. The lowest BCUT2D eigenvalue weighted by molar-refractivity contribution is -0.179. The van der Waals surface area contributed by atoms with Gasteiger partial charge >= 0.3 is 18.4 Å². The first kappa shape index (κ1) is 37.2. The molecule has 5 nitrogen and oxygen atoms in total. The highest BCUT2D eigenvalue weighted by Crippen LogP contribution is 2.48. The Hall–Kier alpha value is -3.21. The second kappa shape index (κ2) is 14.3. The summed E-state index contributed by atoms with van der Waals surface area (Å²) in [5.41, 5.74) is -2.21. The average Bonchev–Trinajstić information content (AvgIpc) is 3.79. The molecule has 1 unspecified atom stereocenters. The number of hydrogen-bond donors (Lipinski definition) is 1. The summed E-state index contributed by atoms with van der Waals surface area (Å²) in [7, 11) is 1.53. The minimum Gasteiger partial charge on any atom is -0.497 e. The first-order valence-electron chi connectivity index (χ1n) is 13.2. The van der Waals surface area contributed by atoms with E-state index < -0.39 is 29.7 Å². The van der Waals surface area contributed by atoms with E-state index in [0.717, 1.165) is 24.5 Å². The first-order valence-corrected chi connectivity index (χ1v) is 15.1. The van der Waals surface area contributed by atoms with Crippen LogP contribution in [0, 0.1) is 24.7 Å². The molecule has 1 aliphatic carbocycles. The van der Waals surface area contributed by atoms with Gasteiger partial charge in [0.05, 0.1) is 24.4 Å². The zero-order valence-corrected chi connectivity index (χ0v) is 27.4. The number of benzene rings is 3. The van der Waals surface area contributed by atoms with Crippen molar-refractivity contribution in [1.82, 2.24) is 5.32 Å². The van der Waals surface area contributed by atoms with E-state index in [9.17, 15) is 35.9 Å². The molecule has 0 radical (unpaired) electrons. The van der Waals surface area contributed by atoms with Gasteiger partial charge < -0.3 is 10.1 Å². The van der Waals surface area contributed by atoms with Crippen LogP contribution in [0.5, 0.6) is 5.75 Å². The molecule has 1 atom stereocenters. The maximum Gasteiger partial charge on any atom is 0.454 e. The van der Waals surface area contributed by atoms with Crippen molar-refractivity contribution in [3.63, 3.8) is 0 Å². The normalized spacial score (nSPS) is 17.3. The van der Waals surface area contributed by atoms with E-state index in [2.05, 4.69) is 49.0 Å². The van der Waals surface area contributed by atoms with Crippen molar-refractivity contribution >= 4 is 61.0 Å². The third kappa shape index (κ3) is 8.19. The van der Waals surface area contributed by atoms with E-state index in [-0.39, 0.29) is 41.7 Å². The second-order valence-electron chi connectivity index (χ2n) is 10.2. The zero-order chi connectivity index (χ0) is 33.3. The number of nitrogens with zero attached hydrogens (tertiary/aromatic N) is 1. The van der Waals surface area contributed by atoms with Crippen molar-refractivity contribution in [3.05, 3.63) is 90.8 Å². The van der Waals surface area contributed by atoms with Crippen molar-refractivity contribution < 1.29 is 40.7 Å². The number of halogens is 9. The Kier molecular flexibility index (Phi) is 11.6. The molecular weight excluding hydrogens is 770 g/mol. The summed E-state index contributed by atoms with van der Waals surface area (Å²) < 4.78 is 85.5. The molecule has 3 aromatic rings. The van der Waals surface area contributed by atoms with Crippen molar-refractivity contribution in [2.75, 3.05) is 12.0 Å². The standard InChI is InChI=1S/C22H17BrClF3N2O2.C9H6BrF3O.CH4/c1-31-15-6-4-14(5-7-15)12-29-19-11-17(23)18(24)10-16(19)21(22(25,26)27,28-20(29)30)9-8-13-2-3-13;1-5-4-6(10)2-3-7(5)8(14)9(11,12)13;/h4-7,10-11,13H,2-3,12H2,1H3,(H,28,30);2-4H,1H3;1H4. The maximum atomic E-state index is 14.4. The number of rotatable bonds is 4. The predicted octanol–water partition coefficient (Wildman–Crippen LogP) is 10.2. The average molecular weight is 797 g/mol. The van der Waals surface area contributed by atoms with Gasteiger partial charge in [-0.15, -0.1) is 0 Å². The minimum absolute atomic E-state index is 0. The summed E-state index contributed by atoms with van der Waals surface area (Å²) in [6, 6.07) is 12.7. The number of nitrogens with one attached hydrogen (secondary N) is 1. The molecule has 0 saturated heterocycles. The first-order chi connectivity index (χ1) is 21.0. The minimum atomic E-state index is -4.84. The number of anilines is 1. The lowest BCUT2D eigenvalue weighted by Crippen LogP contribution is -2.62. The SMILES string of the molecule is C.COc1ccc(CN2C(=O)NC(C#CC3CC3)(C(F)(F)F)c3cc(Cl)c(Br)cc32)cc1.Cc1cc(Br)ccc1C(=O)C(F)(F)F. The number of alkyl halides is 6. The Balaban J connectivity index is 0.000000324. The molecule has 246 valence electrons. The summed E-state index contributed by atoms with van der Waals surface area (Å²) in [6.07, 6.45) is -8.14. The quantitative estimate of drug-likeness (QED) is 0.163. The van der Waals surface area contributed by atoms with Gasteiger partial charge in [0, 0.05) is 26.0 Å². The molecule has 5 rings (SSSR count). The summed E-state index contributed by atoms with van der Waals surface area (Å²) in [5, 5.41) is 2.24. The van der Waals surface area contributed by atoms with Crippen molar-refractivity contribution in [3.8, 4) is 17.6 Å². The lowest BCUT2D eigenvalue weighted by atomic mass is 9.85. The van der Waals surface area contributed by atoms with Gasteiger partial charge in [-0.3, -0.25) is 9.69 Å². The molecule has 1 aliphatic heterocycles. The van der Waals surface area contributed by atoms with Gasteiger partial charge in [0.1, 0.15) is 5.75 Å². The van der Waals surface area contributed by atoms with Crippen molar-refractivity contribution in [2.24, 2.45) is 5.92 Å². The number of amides is 2. The number of hydrogen-bond acceptors (Lipinski definition) is 3. The van der Waals surface area contributed by atoms with Gasteiger partial charge in [-0.05, 0) is 89.3 Å². The number of methoxy groups -OCH3 is 1. The highest BCUT2D eigenvalue weighted by molar-refractivity contribution is 9.10. The Bertz CT molecular complexity index is 1680. The van der Waals surface area contributed by atoms with Gasteiger partial charge in [-0.2, -0.15) is 26.3 Å². The summed E-state index contributed by atoms with van der Waals surface area (Å²) in [5.74, 6) is 3.77. The number of Topliss-reactive ketones (excluding diaryl/α,β-unsaturated/α-hetero) is 1. The van der Waals surface area contributed by atoms with Crippen LogP contribution in [0.1, 0.15) is 47.3 Å². The van der Waals surface area contributed by atoms with E-state index >= 15 is 0 Å². The number of ether oxygens (including phenoxy) is 1. The number of urea groups is 1. The van der Waals surface area contributed by atoms with Crippen LogP contribution in [0.15, 0.2) is 63.5 Å². The maximum absolute atomic E-state index is 14.4. The monoisotopic (exact) mass is 794 g/mol. The van der Waals surface area contributed by atoms with Crippen molar-refractivity contribution in [2.45, 2.75) is 51.6 Å². The van der Waals surface area contributed by atoms with Crippen LogP contribution in [0.25, 0.3) is 0 Å². The van der Waals surface area contributed by atoms with Crippen LogP contribution in [0.2, 0.25) is 5.02 Å². The summed E-state index contributed by atoms with van der Waals surface area (Å²) in [6.45, 7) is 1.52. The van der Waals surface area contributed by atoms with Crippen LogP contribution in [-0.4, -0.2) is 31.3 Å². The number of aryl methyl sites for hydroxylation is 1. The Morgan fingerprint density at radius 2 is 1.70 bits per heavy atom. The van der Waals surface area contributed by atoms with Gasteiger partial charge in [0.15, 0.2) is 0 Å². The van der Waals surface area contributed by atoms with E-state index in [0.29, 0.717) is 20.3 Å². The summed E-state index contributed by atoms with van der Waals surface area (Å²) >= 11 is 12.5. The molecule has 0 bridgehead atoms. The molecule has 1 saturated carbocycles.